The molecule has 0 radical (unpaired) electrons. The number of rotatable bonds is 2. The lowest BCUT2D eigenvalue weighted by Gasteiger charge is -2.28. The van der Waals surface area contributed by atoms with Crippen LogP contribution in [0, 0.1) is 0 Å². The van der Waals surface area contributed by atoms with Crippen molar-refractivity contribution in [2.24, 2.45) is 0 Å². The topological polar surface area (TPSA) is 0 Å². The van der Waals surface area contributed by atoms with Gasteiger partial charge in [0.1, 0.15) is 0 Å². The number of hydrogen-bond donors (Lipinski definition) is 0. The summed E-state index contributed by atoms with van der Waals surface area (Å²) in [6, 6.07) is 70.2. The number of hydrogen-bond acceptors (Lipinski definition) is 0. The Morgan fingerprint density at radius 3 is 1.40 bits per heavy atom. The predicted octanol–water partition coefficient (Wildman–Crippen LogP) is 16.2. The molecule has 0 heteroatoms. The van der Waals surface area contributed by atoms with Crippen LogP contribution in [0.15, 0.2) is 182 Å². The summed E-state index contributed by atoms with van der Waals surface area (Å²) in [4.78, 5) is 0. The van der Waals surface area contributed by atoms with E-state index in [4.69, 9.17) is 0 Å². The Morgan fingerprint density at radius 2 is 0.778 bits per heavy atom. The smallest absolute Gasteiger partial charge is 0.0296 e. The first-order chi connectivity index (χ1) is 30.8. The Kier molecular flexibility index (Phi) is 6.84. The zero-order valence-corrected chi connectivity index (χ0v) is 36.2. The van der Waals surface area contributed by atoms with Crippen LogP contribution in [-0.2, 0) is 29.1 Å². The molecule has 0 unspecified atom stereocenters. The molecular weight excluding hydrogens is 757 g/mol. The first-order valence-corrected chi connectivity index (χ1v) is 22.9. The third-order valence-corrected chi connectivity index (χ3v) is 16.2. The molecule has 0 atom stereocenters. The Labute approximate surface area is 369 Å². The van der Waals surface area contributed by atoms with E-state index in [-0.39, 0.29) is 16.2 Å². The third kappa shape index (κ3) is 4.41. The van der Waals surface area contributed by atoms with Crippen molar-refractivity contribution in [3.8, 4) is 55.6 Å². The van der Waals surface area contributed by atoms with E-state index in [1.165, 1.54) is 132 Å². The summed E-state index contributed by atoms with van der Waals surface area (Å²) in [6.45, 7) is 9.71. The molecule has 4 aliphatic rings. The van der Waals surface area contributed by atoms with Crippen molar-refractivity contribution in [2.75, 3.05) is 0 Å². The van der Waals surface area contributed by atoms with Gasteiger partial charge in [0.05, 0.1) is 0 Å². The lowest BCUT2D eigenvalue weighted by Crippen LogP contribution is -2.25. The summed E-state index contributed by atoms with van der Waals surface area (Å²) in [5.74, 6) is 0. The summed E-state index contributed by atoms with van der Waals surface area (Å²) in [6.07, 6.45) is 2.07. The molecule has 1 spiro atoms. The Morgan fingerprint density at radius 1 is 0.302 bits per heavy atom. The molecular formula is C63H46. The van der Waals surface area contributed by atoms with E-state index in [2.05, 4.69) is 210 Å². The highest BCUT2D eigenvalue weighted by molar-refractivity contribution is 6.26. The molecule has 0 aliphatic heterocycles. The average molecular weight is 803 g/mol. The van der Waals surface area contributed by atoms with E-state index < -0.39 is 0 Å². The fraction of sp³-hybridized carbons (Fsp3) is 0.143. The van der Waals surface area contributed by atoms with Crippen LogP contribution in [0.2, 0.25) is 0 Å². The monoisotopic (exact) mass is 802 g/mol. The molecule has 0 bridgehead atoms. The van der Waals surface area contributed by atoms with E-state index in [9.17, 15) is 0 Å². The standard InChI is InChI=1S/C63H46/c1-61(2)50-26-14-12-24-47(50)58-53(61)32-31-46-49(34-55-59(60(46)58)48-25-13-15-27-51(48)62(55,3)4)57-44-22-9-7-20-42(44)56(43-21-8-10-23-45(43)57)37-29-30-41-40-19-11-16-28-52(40)63(54(41)33-37)35-38-17-5-6-18-39(38)36-63/h5-34H,35-36H2,1-4H3. The van der Waals surface area contributed by atoms with Gasteiger partial charge >= 0.3 is 0 Å². The SMILES string of the molecule is CC1(C)c2ccccc2-c2c1ccc1c(-c3c4ccccc4c(-c4ccc5c(c4)C4(Cc6ccccc6C4)c4ccccc4-5)c4ccccc34)cc3c(c21)-c1ccccc1C3(C)C. The van der Waals surface area contributed by atoms with Crippen molar-refractivity contribution in [3.05, 3.63) is 226 Å². The largest absolute Gasteiger partial charge is 0.0620 e. The van der Waals surface area contributed by atoms with Crippen molar-refractivity contribution < 1.29 is 0 Å². The highest BCUT2D eigenvalue weighted by Gasteiger charge is 2.47. The third-order valence-electron chi connectivity index (χ3n) is 16.2. The molecule has 63 heavy (non-hydrogen) atoms. The van der Waals surface area contributed by atoms with Crippen molar-refractivity contribution in [1.82, 2.24) is 0 Å². The molecule has 0 heterocycles. The molecule has 0 N–H and O–H groups in total. The van der Waals surface area contributed by atoms with Gasteiger partial charge in [0, 0.05) is 16.2 Å². The van der Waals surface area contributed by atoms with Gasteiger partial charge in [-0.3, -0.25) is 0 Å². The maximum Gasteiger partial charge on any atom is 0.0296 e. The maximum absolute atomic E-state index is 2.60. The van der Waals surface area contributed by atoms with Crippen LogP contribution in [0.3, 0.4) is 0 Å². The number of benzene rings is 10. The zero-order valence-electron chi connectivity index (χ0n) is 36.2. The first-order valence-electron chi connectivity index (χ1n) is 22.9. The van der Waals surface area contributed by atoms with E-state index >= 15 is 0 Å². The minimum absolute atomic E-state index is 0.0711. The van der Waals surface area contributed by atoms with Gasteiger partial charge in [-0.2, -0.15) is 0 Å². The van der Waals surface area contributed by atoms with Crippen LogP contribution in [0.5, 0.6) is 0 Å². The highest BCUT2D eigenvalue weighted by Crippen LogP contribution is 2.61. The van der Waals surface area contributed by atoms with Gasteiger partial charge in [0.15, 0.2) is 0 Å². The van der Waals surface area contributed by atoms with Gasteiger partial charge in [-0.15, -0.1) is 0 Å². The molecule has 10 aromatic rings. The van der Waals surface area contributed by atoms with Crippen molar-refractivity contribution in [1.29, 1.82) is 0 Å². The van der Waals surface area contributed by atoms with Crippen molar-refractivity contribution >= 4 is 32.3 Å². The summed E-state index contributed by atoms with van der Waals surface area (Å²) in [7, 11) is 0. The summed E-state index contributed by atoms with van der Waals surface area (Å²) in [5.41, 5.74) is 24.8. The number of fused-ring (bicyclic) bond motifs is 17. The average Bonchev–Trinajstić information content (AvgIpc) is 3.98. The second kappa shape index (κ2) is 12.1. The zero-order chi connectivity index (χ0) is 42.0. The molecule has 0 amide bonds. The van der Waals surface area contributed by atoms with E-state index in [1.54, 1.807) is 0 Å². The van der Waals surface area contributed by atoms with Crippen LogP contribution in [-0.4, -0.2) is 0 Å². The molecule has 298 valence electrons. The van der Waals surface area contributed by atoms with Crippen LogP contribution >= 0.6 is 0 Å². The van der Waals surface area contributed by atoms with Crippen LogP contribution in [0.4, 0.5) is 0 Å². The highest BCUT2D eigenvalue weighted by atomic mass is 14.5. The van der Waals surface area contributed by atoms with Crippen LogP contribution < -0.4 is 0 Å². The van der Waals surface area contributed by atoms with E-state index in [0.717, 1.165) is 12.8 Å². The quantitative estimate of drug-likeness (QED) is 0.153. The summed E-state index contributed by atoms with van der Waals surface area (Å²) in [5, 5.41) is 7.92. The van der Waals surface area contributed by atoms with Gasteiger partial charge in [0.2, 0.25) is 0 Å². The second-order valence-corrected chi connectivity index (χ2v) is 20.0. The molecule has 0 saturated heterocycles. The lowest BCUT2D eigenvalue weighted by atomic mass is 9.74. The van der Waals surface area contributed by atoms with Crippen LogP contribution in [0.25, 0.3) is 88.0 Å². The van der Waals surface area contributed by atoms with E-state index in [1.807, 2.05) is 0 Å². The predicted molar refractivity (Wildman–Crippen MR) is 265 cm³/mol. The van der Waals surface area contributed by atoms with Crippen LogP contribution in [0.1, 0.15) is 72.2 Å². The normalized spacial score (nSPS) is 16.2. The van der Waals surface area contributed by atoms with Gasteiger partial charge in [-0.05, 0) is 157 Å². The van der Waals surface area contributed by atoms with Gasteiger partial charge in [-0.1, -0.05) is 198 Å². The van der Waals surface area contributed by atoms with Gasteiger partial charge in [-0.25, -0.2) is 0 Å². The Hall–Kier alpha value is -7.02. The summed E-state index contributed by atoms with van der Waals surface area (Å²) < 4.78 is 0. The van der Waals surface area contributed by atoms with Crippen molar-refractivity contribution in [3.63, 3.8) is 0 Å². The minimum atomic E-state index is -0.172. The first kappa shape index (κ1) is 35.6. The fourth-order valence-corrected chi connectivity index (χ4v) is 13.4. The van der Waals surface area contributed by atoms with Gasteiger partial charge in [0.25, 0.3) is 0 Å². The maximum atomic E-state index is 2.60. The Bertz CT molecular complexity index is 3580. The fourth-order valence-electron chi connectivity index (χ4n) is 13.4. The van der Waals surface area contributed by atoms with E-state index in [0.29, 0.717) is 0 Å². The van der Waals surface area contributed by atoms with Crippen molar-refractivity contribution in [2.45, 2.75) is 56.8 Å². The van der Waals surface area contributed by atoms with Gasteiger partial charge < -0.3 is 0 Å². The minimum Gasteiger partial charge on any atom is -0.0620 e. The molecule has 0 nitrogen and oxygen atoms in total. The molecule has 4 aliphatic carbocycles. The summed E-state index contributed by atoms with van der Waals surface area (Å²) >= 11 is 0. The lowest BCUT2D eigenvalue weighted by molar-refractivity contribution is 0.564. The molecule has 0 aromatic heterocycles. The molecule has 14 rings (SSSR count). The Balaban J connectivity index is 1.08. The molecule has 0 saturated carbocycles. The molecule has 0 fully saturated rings. The second-order valence-electron chi connectivity index (χ2n) is 20.0. The molecule has 10 aromatic carbocycles.